The van der Waals surface area contributed by atoms with Gasteiger partial charge in [-0.05, 0) is 25.0 Å². The summed E-state index contributed by atoms with van der Waals surface area (Å²) in [7, 11) is 0. The summed E-state index contributed by atoms with van der Waals surface area (Å²) in [6.45, 7) is 2.13. The Morgan fingerprint density at radius 2 is 2.12 bits per heavy atom. The van der Waals surface area contributed by atoms with E-state index in [0.717, 1.165) is 31.6 Å². The van der Waals surface area contributed by atoms with E-state index in [1.807, 2.05) is 12.1 Å². The molecule has 0 bridgehead atoms. The Morgan fingerprint density at radius 3 is 2.81 bits per heavy atom. The highest BCUT2D eigenvalue weighted by atomic mass is 35.5. The van der Waals surface area contributed by atoms with Crippen LogP contribution < -0.4 is 5.73 Å². The maximum absolute atomic E-state index is 5.85. The molecule has 0 atom stereocenters. The average Bonchev–Trinajstić information content (AvgIpc) is 2.29. The Bertz CT molecular complexity index is 351. The maximum Gasteiger partial charge on any atom is 0.0740 e. The Balaban J connectivity index is 1.88. The van der Waals surface area contributed by atoms with E-state index in [9.17, 15) is 0 Å². The molecule has 0 radical (unpaired) electrons. The number of ether oxygens (including phenoxy) is 2. The van der Waals surface area contributed by atoms with Crippen LogP contribution in [-0.4, -0.2) is 19.3 Å². The predicted molar refractivity (Wildman–Crippen MR) is 64.5 cm³/mol. The minimum absolute atomic E-state index is 0.295. The van der Waals surface area contributed by atoms with Crippen molar-refractivity contribution in [3.63, 3.8) is 0 Å². The average molecular weight is 242 g/mol. The second kappa shape index (κ2) is 5.53. The van der Waals surface area contributed by atoms with Crippen LogP contribution in [0.5, 0.6) is 0 Å². The van der Waals surface area contributed by atoms with Crippen molar-refractivity contribution in [3.05, 3.63) is 28.8 Å². The molecular formula is C12H16ClNO2. The molecule has 2 rings (SSSR count). The molecule has 1 fully saturated rings. The van der Waals surface area contributed by atoms with Crippen LogP contribution >= 0.6 is 11.6 Å². The van der Waals surface area contributed by atoms with Gasteiger partial charge in [-0.25, -0.2) is 0 Å². The molecule has 0 saturated carbocycles. The zero-order valence-corrected chi connectivity index (χ0v) is 9.87. The van der Waals surface area contributed by atoms with Gasteiger partial charge >= 0.3 is 0 Å². The van der Waals surface area contributed by atoms with Crippen molar-refractivity contribution in [2.24, 2.45) is 0 Å². The van der Waals surface area contributed by atoms with Crippen LogP contribution in [0.4, 0.5) is 5.69 Å². The third-order valence-electron chi connectivity index (χ3n) is 2.75. The number of hydrogen-bond acceptors (Lipinski definition) is 3. The molecular weight excluding hydrogens is 226 g/mol. The molecule has 1 aromatic rings. The lowest BCUT2D eigenvalue weighted by atomic mass is 10.1. The molecule has 2 N–H and O–H groups in total. The van der Waals surface area contributed by atoms with Crippen molar-refractivity contribution in [1.82, 2.24) is 0 Å². The summed E-state index contributed by atoms with van der Waals surface area (Å²) in [6.07, 6.45) is 2.23. The molecule has 0 unspecified atom stereocenters. The maximum atomic E-state index is 5.85. The van der Waals surface area contributed by atoms with Gasteiger partial charge in [0.2, 0.25) is 0 Å². The fourth-order valence-corrected chi connectivity index (χ4v) is 1.93. The van der Waals surface area contributed by atoms with Gasteiger partial charge in [0, 0.05) is 29.5 Å². The van der Waals surface area contributed by atoms with E-state index in [0.29, 0.717) is 23.4 Å². The number of rotatable bonds is 3. The fourth-order valence-electron chi connectivity index (χ4n) is 1.75. The minimum atomic E-state index is 0.295. The van der Waals surface area contributed by atoms with Crippen LogP contribution in [0.3, 0.4) is 0 Å². The number of nitrogens with two attached hydrogens (primary N) is 1. The summed E-state index contributed by atoms with van der Waals surface area (Å²) in [4.78, 5) is 0. The molecule has 0 aliphatic carbocycles. The lowest BCUT2D eigenvalue weighted by Crippen LogP contribution is -2.23. The van der Waals surface area contributed by atoms with Crippen molar-refractivity contribution >= 4 is 17.3 Å². The van der Waals surface area contributed by atoms with Gasteiger partial charge in [-0.15, -0.1) is 0 Å². The van der Waals surface area contributed by atoms with Gasteiger partial charge in [-0.3, -0.25) is 0 Å². The topological polar surface area (TPSA) is 44.5 Å². The van der Waals surface area contributed by atoms with Crippen LogP contribution in [-0.2, 0) is 16.1 Å². The third kappa shape index (κ3) is 3.11. The predicted octanol–water partition coefficient (Wildman–Crippen LogP) is 2.62. The van der Waals surface area contributed by atoms with E-state index in [1.54, 1.807) is 6.07 Å². The zero-order chi connectivity index (χ0) is 11.4. The van der Waals surface area contributed by atoms with E-state index in [1.165, 1.54) is 0 Å². The van der Waals surface area contributed by atoms with E-state index < -0.39 is 0 Å². The van der Waals surface area contributed by atoms with Gasteiger partial charge in [0.05, 0.1) is 12.7 Å². The standard InChI is InChI=1S/C12H16ClNO2/c13-10-2-1-9(12(14)7-10)8-16-11-3-5-15-6-4-11/h1-2,7,11H,3-6,8,14H2. The number of hydrogen-bond donors (Lipinski definition) is 1. The minimum Gasteiger partial charge on any atom is -0.398 e. The van der Waals surface area contributed by atoms with Crippen LogP contribution in [0.2, 0.25) is 5.02 Å². The lowest BCUT2D eigenvalue weighted by Gasteiger charge is -2.22. The molecule has 0 spiro atoms. The highest BCUT2D eigenvalue weighted by Gasteiger charge is 2.14. The van der Waals surface area contributed by atoms with Gasteiger partial charge < -0.3 is 15.2 Å². The molecule has 16 heavy (non-hydrogen) atoms. The first kappa shape index (κ1) is 11.7. The Kier molecular flexibility index (Phi) is 4.04. The molecule has 1 aliphatic rings. The molecule has 1 heterocycles. The van der Waals surface area contributed by atoms with Gasteiger partial charge in [0.1, 0.15) is 0 Å². The van der Waals surface area contributed by atoms with Crippen LogP contribution in [0.15, 0.2) is 18.2 Å². The summed E-state index contributed by atoms with van der Waals surface area (Å²) >= 11 is 5.83. The molecule has 1 aliphatic heterocycles. The largest absolute Gasteiger partial charge is 0.398 e. The number of halogens is 1. The second-order valence-electron chi connectivity index (χ2n) is 3.97. The molecule has 0 amide bonds. The van der Waals surface area contributed by atoms with Gasteiger partial charge in [-0.1, -0.05) is 17.7 Å². The van der Waals surface area contributed by atoms with Crippen LogP contribution in [0.1, 0.15) is 18.4 Å². The van der Waals surface area contributed by atoms with Gasteiger partial charge in [0.15, 0.2) is 0 Å². The summed E-state index contributed by atoms with van der Waals surface area (Å²) in [5.74, 6) is 0. The normalized spacial score (nSPS) is 17.6. The number of nitrogen functional groups attached to an aromatic ring is 1. The van der Waals surface area contributed by atoms with Crippen molar-refractivity contribution in [2.45, 2.75) is 25.6 Å². The SMILES string of the molecule is Nc1cc(Cl)ccc1COC1CCOCC1. The van der Waals surface area contributed by atoms with E-state index in [4.69, 9.17) is 26.8 Å². The lowest BCUT2D eigenvalue weighted by molar-refractivity contribution is -0.0389. The first-order valence-electron chi connectivity index (χ1n) is 5.49. The number of anilines is 1. The van der Waals surface area contributed by atoms with E-state index in [-0.39, 0.29) is 0 Å². The quantitative estimate of drug-likeness (QED) is 0.828. The molecule has 1 aromatic carbocycles. The summed E-state index contributed by atoms with van der Waals surface area (Å²) in [5, 5.41) is 0.660. The Hall–Kier alpha value is -0.770. The number of benzene rings is 1. The van der Waals surface area contributed by atoms with Crippen molar-refractivity contribution < 1.29 is 9.47 Å². The first-order valence-corrected chi connectivity index (χ1v) is 5.87. The molecule has 0 aromatic heterocycles. The van der Waals surface area contributed by atoms with Crippen molar-refractivity contribution in [2.75, 3.05) is 18.9 Å². The summed E-state index contributed by atoms with van der Waals surface area (Å²) < 4.78 is 11.1. The molecule has 4 heteroatoms. The van der Waals surface area contributed by atoms with Gasteiger partial charge in [-0.2, -0.15) is 0 Å². The monoisotopic (exact) mass is 241 g/mol. The zero-order valence-electron chi connectivity index (χ0n) is 9.12. The van der Waals surface area contributed by atoms with Crippen molar-refractivity contribution in [3.8, 4) is 0 Å². The molecule has 88 valence electrons. The van der Waals surface area contributed by atoms with Gasteiger partial charge in [0.25, 0.3) is 0 Å². The smallest absolute Gasteiger partial charge is 0.0740 e. The summed E-state index contributed by atoms with van der Waals surface area (Å²) in [5.41, 5.74) is 7.54. The van der Waals surface area contributed by atoms with Crippen LogP contribution in [0.25, 0.3) is 0 Å². The Morgan fingerprint density at radius 1 is 1.38 bits per heavy atom. The van der Waals surface area contributed by atoms with Crippen molar-refractivity contribution in [1.29, 1.82) is 0 Å². The molecule has 1 saturated heterocycles. The second-order valence-corrected chi connectivity index (χ2v) is 4.40. The first-order chi connectivity index (χ1) is 7.75. The fraction of sp³-hybridized carbons (Fsp3) is 0.500. The Labute approximate surface area is 100 Å². The molecule has 3 nitrogen and oxygen atoms in total. The van der Waals surface area contributed by atoms with E-state index in [2.05, 4.69) is 0 Å². The highest BCUT2D eigenvalue weighted by molar-refractivity contribution is 6.30. The summed E-state index contributed by atoms with van der Waals surface area (Å²) in [6, 6.07) is 5.50. The van der Waals surface area contributed by atoms with E-state index >= 15 is 0 Å². The third-order valence-corrected chi connectivity index (χ3v) is 2.99. The van der Waals surface area contributed by atoms with Crippen LogP contribution in [0, 0.1) is 0 Å². The highest BCUT2D eigenvalue weighted by Crippen LogP contribution is 2.20.